The minimum atomic E-state index is -0.253. The standard InChI is InChI=1S/C16H27N3O2/c1-13(2)19-12-17-10-15(19)11-18(3)14-4-6-16(7-5-14)20-8-9-21-16/h10,12-14H,4-9,11H2,1-3H3. The van der Waals surface area contributed by atoms with Gasteiger partial charge in [-0.3, -0.25) is 4.90 Å². The monoisotopic (exact) mass is 293 g/mol. The summed E-state index contributed by atoms with van der Waals surface area (Å²) in [6, 6.07) is 1.07. The lowest BCUT2D eigenvalue weighted by atomic mass is 9.89. The fourth-order valence-electron chi connectivity index (χ4n) is 3.57. The molecule has 1 saturated heterocycles. The zero-order chi connectivity index (χ0) is 14.9. The number of hydrogen-bond acceptors (Lipinski definition) is 4. The fraction of sp³-hybridized carbons (Fsp3) is 0.812. The van der Waals surface area contributed by atoms with Crippen LogP contribution in [-0.2, 0) is 16.0 Å². The summed E-state index contributed by atoms with van der Waals surface area (Å²) in [7, 11) is 2.22. The Bertz CT molecular complexity index is 456. The Hall–Kier alpha value is -0.910. The van der Waals surface area contributed by atoms with E-state index in [2.05, 4.69) is 35.3 Å². The van der Waals surface area contributed by atoms with Gasteiger partial charge in [-0.25, -0.2) is 4.98 Å². The molecule has 0 radical (unpaired) electrons. The van der Waals surface area contributed by atoms with Gasteiger partial charge in [-0.2, -0.15) is 0 Å². The Labute approximate surface area is 127 Å². The molecule has 1 aromatic heterocycles. The molecule has 0 aromatic carbocycles. The van der Waals surface area contributed by atoms with Crippen LogP contribution in [0.2, 0.25) is 0 Å². The maximum atomic E-state index is 5.81. The molecule has 0 unspecified atom stereocenters. The van der Waals surface area contributed by atoms with Crippen LogP contribution in [0.5, 0.6) is 0 Å². The third-order valence-electron chi connectivity index (χ3n) is 4.87. The van der Waals surface area contributed by atoms with E-state index >= 15 is 0 Å². The van der Waals surface area contributed by atoms with Gasteiger partial charge < -0.3 is 14.0 Å². The van der Waals surface area contributed by atoms with Gasteiger partial charge in [-0.15, -0.1) is 0 Å². The largest absolute Gasteiger partial charge is 0.348 e. The molecular weight excluding hydrogens is 266 g/mol. The zero-order valence-electron chi connectivity index (χ0n) is 13.4. The summed E-state index contributed by atoms with van der Waals surface area (Å²) in [5, 5.41) is 0. The molecule has 1 aromatic rings. The Balaban J connectivity index is 1.56. The molecule has 1 aliphatic carbocycles. The quantitative estimate of drug-likeness (QED) is 0.855. The highest BCUT2D eigenvalue weighted by Crippen LogP contribution is 2.37. The second-order valence-electron chi connectivity index (χ2n) is 6.64. The van der Waals surface area contributed by atoms with Crippen LogP contribution < -0.4 is 0 Å². The number of nitrogens with zero attached hydrogens (tertiary/aromatic N) is 3. The van der Waals surface area contributed by atoms with Gasteiger partial charge in [-0.1, -0.05) is 0 Å². The van der Waals surface area contributed by atoms with E-state index in [1.54, 1.807) is 0 Å². The van der Waals surface area contributed by atoms with E-state index in [0.717, 1.165) is 45.4 Å². The molecule has 1 saturated carbocycles. The van der Waals surface area contributed by atoms with Crippen LogP contribution in [0.3, 0.4) is 0 Å². The van der Waals surface area contributed by atoms with Crippen LogP contribution >= 0.6 is 0 Å². The Morgan fingerprint density at radius 2 is 2.00 bits per heavy atom. The molecule has 5 nitrogen and oxygen atoms in total. The maximum Gasteiger partial charge on any atom is 0.168 e. The smallest absolute Gasteiger partial charge is 0.168 e. The van der Waals surface area contributed by atoms with E-state index in [9.17, 15) is 0 Å². The van der Waals surface area contributed by atoms with Gasteiger partial charge in [0.05, 0.1) is 25.2 Å². The molecule has 1 spiro atoms. The first kappa shape index (κ1) is 15.0. The molecule has 0 atom stereocenters. The van der Waals surface area contributed by atoms with Crippen molar-refractivity contribution in [2.24, 2.45) is 0 Å². The first-order chi connectivity index (χ1) is 10.1. The van der Waals surface area contributed by atoms with Crippen molar-refractivity contribution in [2.45, 2.75) is 63.9 Å². The molecular formula is C16H27N3O2. The summed E-state index contributed by atoms with van der Waals surface area (Å²) in [5.74, 6) is -0.253. The summed E-state index contributed by atoms with van der Waals surface area (Å²) in [4.78, 5) is 6.75. The van der Waals surface area contributed by atoms with Crippen molar-refractivity contribution in [1.29, 1.82) is 0 Å². The predicted octanol–water partition coefficient (Wildman–Crippen LogP) is 2.58. The van der Waals surface area contributed by atoms with Crippen molar-refractivity contribution in [1.82, 2.24) is 14.5 Å². The zero-order valence-corrected chi connectivity index (χ0v) is 13.4. The second-order valence-corrected chi connectivity index (χ2v) is 6.64. The van der Waals surface area contributed by atoms with E-state index in [1.807, 2.05) is 12.5 Å². The highest BCUT2D eigenvalue weighted by atomic mass is 16.7. The lowest BCUT2D eigenvalue weighted by Crippen LogP contribution is -2.42. The fourth-order valence-corrected chi connectivity index (χ4v) is 3.57. The summed E-state index contributed by atoms with van der Waals surface area (Å²) in [5.41, 5.74) is 1.29. The van der Waals surface area contributed by atoms with Gasteiger partial charge in [0.1, 0.15) is 0 Å². The van der Waals surface area contributed by atoms with Crippen molar-refractivity contribution in [3.05, 3.63) is 18.2 Å². The predicted molar refractivity (Wildman–Crippen MR) is 81.0 cm³/mol. The van der Waals surface area contributed by atoms with Crippen molar-refractivity contribution >= 4 is 0 Å². The molecule has 2 aliphatic rings. The average molecular weight is 293 g/mol. The van der Waals surface area contributed by atoms with Crippen molar-refractivity contribution < 1.29 is 9.47 Å². The van der Waals surface area contributed by atoms with Gasteiger partial charge in [0.25, 0.3) is 0 Å². The molecule has 1 aliphatic heterocycles. The van der Waals surface area contributed by atoms with E-state index in [-0.39, 0.29) is 5.79 Å². The number of rotatable bonds is 4. The van der Waals surface area contributed by atoms with Crippen molar-refractivity contribution in [2.75, 3.05) is 20.3 Å². The lowest BCUT2D eigenvalue weighted by molar-refractivity contribution is -0.183. The molecule has 21 heavy (non-hydrogen) atoms. The van der Waals surface area contributed by atoms with E-state index in [0.29, 0.717) is 12.1 Å². The number of aromatic nitrogens is 2. The lowest BCUT2D eigenvalue weighted by Gasteiger charge is -2.39. The van der Waals surface area contributed by atoms with Crippen molar-refractivity contribution in [3.63, 3.8) is 0 Å². The van der Waals surface area contributed by atoms with Crippen LogP contribution in [0, 0.1) is 0 Å². The van der Waals surface area contributed by atoms with Crippen LogP contribution in [-0.4, -0.2) is 46.5 Å². The SMILES string of the molecule is CC(C)n1cncc1CN(C)C1CCC2(CC1)OCCO2. The Kier molecular flexibility index (Phi) is 4.33. The molecule has 118 valence electrons. The Morgan fingerprint density at radius 1 is 1.33 bits per heavy atom. The van der Waals surface area contributed by atoms with Crippen molar-refractivity contribution in [3.8, 4) is 0 Å². The van der Waals surface area contributed by atoms with Crippen LogP contribution in [0.4, 0.5) is 0 Å². The highest BCUT2D eigenvalue weighted by molar-refractivity contribution is 5.00. The number of hydrogen-bond donors (Lipinski definition) is 0. The molecule has 3 rings (SSSR count). The van der Waals surface area contributed by atoms with E-state index in [4.69, 9.17) is 9.47 Å². The summed E-state index contributed by atoms with van der Waals surface area (Å²) >= 11 is 0. The van der Waals surface area contributed by atoms with Gasteiger partial charge >= 0.3 is 0 Å². The van der Waals surface area contributed by atoms with Crippen LogP contribution in [0.1, 0.15) is 51.3 Å². The van der Waals surface area contributed by atoms with Gasteiger partial charge in [0.2, 0.25) is 0 Å². The number of ether oxygens (including phenoxy) is 2. The second kappa shape index (κ2) is 6.07. The van der Waals surface area contributed by atoms with Gasteiger partial charge in [0, 0.05) is 37.7 Å². The first-order valence-corrected chi connectivity index (χ1v) is 8.08. The van der Waals surface area contributed by atoms with E-state index < -0.39 is 0 Å². The topological polar surface area (TPSA) is 39.5 Å². The first-order valence-electron chi connectivity index (χ1n) is 8.08. The number of imidazole rings is 1. The molecule has 5 heteroatoms. The third-order valence-corrected chi connectivity index (χ3v) is 4.87. The Morgan fingerprint density at radius 3 is 2.62 bits per heavy atom. The minimum Gasteiger partial charge on any atom is -0.348 e. The van der Waals surface area contributed by atoms with Gasteiger partial charge in [0.15, 0.2) is 5.79 Å². The van der Waals surface area contributed by atoms with Crippen LogP contribution in [0.25, 0.3) is 0 Å². The average Bonchev–Trinajstić information content (AvgIpc) is 3.09. The molecule has 0 amide bonds. The molecule has 2 heterocycles. The molecule has 0 bridgehead atoms. The van der Waals surface area contributed by atoms with E-state index in [1.165, 1.54) is 5.69 Å². The summed E-state index contributed by atoms with van der Waals surface area (Å²) in [6.45, 7) is 6.87. The third kappa shape index (κ3) is 3.15. The minimum absolute atomic E-state index is 0.253. The maximum absolute atomic E-state index is 5.81. The van der Waals surface area contributed by atoms with Crippen LogP contribution in [0.15, 0.2) is 12.5 Å². The highest BCUT2D eigenvalue weighted by Gasteiger charge is 2.41. The molecule has 0 N–H and O–H groups in total. The summed E-state index contributed by atoms with van der Waals surface area (Å²) < 4.78 is 13.9. The summed E-state index contributed by atoms with van der Waals surface area (Å²) in [6.07, 6.45) is 8.25. The molecule has 2 fully saturated rings. The normalized spacial score (nSPS) is 22.7. The van der Waals surface area contributed by atoms with Gasteiger partial charge in [-0.05, 0) is 33.7 Å².